The highest BCUT2D eigenvalue weighted by Gasteiger charge is 2.21. The zero-order valence-corrected chi connectivity index (χ0v) is 16.4. The Hall–Kier alpha value is -2.44. The zero-order valence-electron chi connectivity index (χ0n) is 15.6. The molecule has 0 saturated heterocycles. The van der Waals surface area contributed by atoms with E-state index in [4.69, 9.17) is 0 Å². The number of thiophene rings is 1. The van der Waals surface area contributed by atoms with Crippen molar-refractivity contribution >= 4 is 22.9 Å². The average Bonchev–Trinajstić information content (AvgIpc) is 3.22. The van der Waals surface area contributed by atoms with Gasteiger partial charge in [0.25, 0.3) is 5.91 Å². The van der Waals surface area contributed by atoms with Gasteiger partial charge in [0, 0.05) is 12.6 Å². The number of anilines is 1. The van der Waals surface area contributed by atoms with Crippen LogP contribution >= 0.6 is 11.3 Å². The van der Waals surface area contributed by atoms with Crippen LogP contribution in [0.15, 0.2) is 41.8 Å². The molecular formula is C20H25N4OS+. The molecule has 0 aliphatic heterocycles. The highest BCUT2D eigenvalue weighted by molar-refractivity contribution is 7.10. The Kier molecular flexibility index (Phi) is 5.54. The van der Waals surface area contributed by atoms with Crippen LogP contribution < -0.4 is 10.6 Å². The number of aromatic nitrogens is 2. The van der Waals surface area contributed by atoms with E-state index in [-0.39, 0.29) is 11.9 Å². The SMILES string of the molecule is Cc1ccc([C@@H]([NH2+]CC(=O)Nc2c(C)nn(C)c2C)c2cccs2)cc1. The van der Waals surface area contributed by atoms with Crippen molar-refractivity contribution in [1.29, 1.82) is 0 Å². The van der Waals surface area contributed by atoms with Crippen LogP contribution in [0.5, 0.6) is 0 Å². The van der Waals surface area contributed by atoms with Crippen molar-refractivity contribution in [2.75, 3.05) is 11.9 Å². The summed E-state index contributed by atoms with van der Waals surface area (Å²) in [6, 6.07) is 12.8. The molecule has 0 aliphatic carbocycles. The van der Waals surface area contributed by atoms with E-state index in [1.807, 2.05) is 20.9 Å². The normalized spacial score (nSPS) is 12.2. The maximum absolute atomic E-state index is 12.5. The molecule has 0 spiro atoms. The van der Waals surface area contributed by atoms with Gasteiger partial charge >= 0.3 is 0 Å². The predicted molar refractivity (Wildman–Crippen MR) is 105 cm³/mol. The molecule has 3 aromatic rings. The lowest BCUT2D eigenvalue weighted by atomic mass is 10.0. The maximum atomic E-state index is 12.5. The van der Waals surface area contributed by atoms with Crippen LogP contribution in [0.3, 0.4) is 0 Å². The van der Waals surface area contributed by atoms with Crippen molar-refractivity contribution in [2.24, 2.45) is 7.05 Å². The molecular weight excluding hydrogens is 344 g/mol. The van der Waals surface area contributed by atoms with Gasteiger partial charge in [-0.2, -0.15) is 5.10 Å². The highest BCUT2D eigenvalue weighted by Crippen LogP contribution is 2.23. The van der Waals surface area contributed by atoms with Gasteiger partial charge in [-0.25, -0.2) is 0 Å². The molecule has 5 nitrogen and oxygen atoms in total. The summed E-state index contributed by atoms with van der Waals surface area (Å²) >= 11 is 1.72. The third-order valence-electron chi connectivity index (χ3n) is 4.60. The summed E-state index contributed by atoms with van der Waals surface area (Å²) in [4.78, 5) is 13.8. The van der Waals surface area contributed by atoms with Gasteiger partial charge in [0.15, 0.2) is 6.54 Å². The van der Waals surface area contributed by atoms with E-state index in [0.29, 0.717) is 6.54 Å². The van der Waals surface area contributed by atoms with Crippen LogP contribution in [0.25, 0.3) is 0 Å². The lowest BCUT2D eigenvalue weighted by Crippen LogP contribution is -2.87. The molecule has 1 amide bonds. The molecule has 2 aromatic heterocycles. The highest BCUT2D eigenvalue weighted by atomic mass is 32.1. The van der Waals surface area contributed by atoms with Crippen LogP contribution in [0, 0.1) is 20.8 Å². The number of nitrogens with two attached hydrogens (primary N) is 1. The van der Waals surface area contributed by atoms with Crippen molar-refractivity contribution in [3.8, 4) is 0 Å². The largest absolute Gasteiger partial charge is 0.328 e. The Labute approximate surface area is 158 Å². The Morgan fingerprint density at radius 1 is 1.23 bits per heavy atom. The molecule has 6 heteroatoms. The minimum Gasteiger partial charge on any atom is -0.328 e. The second kappa shape index (κ2) is 7.85. The third-order valence-corrected chi connectivity index (χ3v) is 5.55. The molecule has 3 rings (SSSR count). The molecule has 26 heavy (non-hydrogen) atoms. The lowest BCUT2D eigenvalue weighted by Gasteiger charge is -2.15. The fraction of sp³-hybridized carbons (Fsp3) is 0.300. The molecule has 0 unspecified atom stereocenters. The van der Waals surface area contributed by atoms with Crippen LogP contribution in [0.4, 0.5) is 5.69 Å². The molecule has 136 valence electrons. The van der Waals surface area contributed by atoms with Gasteiger partial charge in [0.05, 0.1) is 22.0 Å². The van der Waals surface area contributed by atoms with Crippen molar-refractivity contribution in [2.45, 2.75) is 26.8 Å². The quantitative estimate of drug-likeness (QED) is 0.702. The van der Waals surface area contributed by atoms with Gasteiger partial charge in [0.2, 0.25) is 0 Å². The summed E-state index contributed by atoms with van der Waals surface area (Å²) < 4.78 is 1.79. The molecule has 3 N–H and O–H groups in total. The number of nitrogens with one attached hydrogen (secondary N) is 1. The molecule has 0 radical (unpaired) electrons. The van der Waals surface area contributed by atoms with Crippen molar-refractivity contribution in [3.63, 3.8) is 0 Å². The van der Waals surface area contributed by atoms with Crippen molar-refractivity contribution in [1.82, 2.24) is 9.78 Å². The third kappa shape index (κ3) is 4.03. The molecule has 1 atom stereocenters. The summed E-state index contributed by atoms with van der Waals surface area (Å²) in [7, 11) is 1.88. The average molecular weight is 370 g/mol. The second-order valence-corrected chi connectivity index (χ2v) is 7.54. The monoisotopic (exact) mass is 369 g/mol. The van der Waals surface area contributed by atoms with Gasteiger partial charge in [-0.3, -0.25) is 9.48 Å². The summed E-state index contributed by atoms with van der Waals surface area (Å²) in [5.41, 5.74) is 5.06. The second-order valence-electron chi connectivity index (χ2n) is 6.56. The van der Waals surface area contributed by atoms with Gasteiger partial charge in [-0.1, -0.05) is 35.9 Å². The summed E-state index contributed by atoms with van der Waals surface area (Å²) in [6.07, 6.45) is 0. The van der Waals surface area contributed by atoms with Gasteiger partial charge in [-0.05, 0) is 32.2 Å². The number of nitrogens with zero attached hydrogens (tertiary/aromatic N) is 2. The zero-order chi connectivity index (χ0) is 18.7. The standard InChI is InChI=1S/C20H24N4OS/c1-13-7-9-16(10-8-13)20(17-6-5-11-26-17)21-12-18(25)22-19-14(2)23-24(4)15(19)3/h5-11,20-21H,12H2,1-4H3,(H,22,25)/p+1/t20-/m1/s1. The van der Waals surface area contributed by atoms with Gasteiger partial charge in [-0.15, -0.1) is 11.3 Å². The minimum atomic E-state index is -0.0159. The van der Waals surface area contributed by atoms with Crippen LogP contribution in [-0.2, 0) is 11.8 Å². The molecule has 1 aromatic carbocycles. The van der Waals surface area contributed by atoms with E-state index >= 15 is 0 Å². The van der Waals surface area contributed by atoms with Crippen LogP contribution in [0.1, 0.15) is 33.4 Å². The number of aryl methyl sites for hydroxylation is 3. The first-order valence-corrected chi connectivity index (χ1v) is 9.57. The first-order chi connectivity index (χ1) is 12.5. The Morgan fingerprint density at radius 3 is 2.54 bits per heavy atom. The van der Waals surface area contributed by atoms with E-state index in [0.717, 1.165) is 17.1 Å². The smallest absolute Gasteiger partial charge is 0.279 e. The Balaban J connectivity index is 1.71. The molecule has 0 aliphatic rings. The first kappa shape index (κ1) is 18.4. The van der Waals surface area contributed by atoms with E-state index in [9.17, 15) is 4.79 Å². The number of carbonyl (C=O) groups excluding carboxylic acids is 1. The minimum absolute atomic E-state index is 0.0159. The maximum Gasteiger partial charge on any atom is 0.279 e. The fourth-order valence-electron chi connectivity index (χ4n) is 3.03. The van der Waals surface area contributed by atoms with E-state index in [2.05, 4.69) is 64.4 Å². The number of hydrogen-bond donors (Lipinski definition) is 2. The van der Waals surface area contributed by atoms with E-state index in [1.165, 1.54) is 16.0 Å². The number of benzene rings is 1. The predicted octanol–water partition coefficient (Wildman–Crippen LogP) is 2.70. The number of amides is 1. The first-order valence-electron chi connectivity index (χ1n) is 8.69. The van der Waals surface area contributed by atoms with Crippen molar-refractivity contribution < 1.29 is 10.1 Å². The van der Waals surface area contributed by atoms with E-state index in [1.54, 1.807) is 16.0 Å². The fourth-order valence-corrected chi connectivity index (χ4v) is 3.88. The van der Waals surface area contributed by atoms with Crippen LogP contribution in [-0.4, -0.2) is 22.2 Å². The Bertz CT molecular complexity index is 881. The summed E-state index contributed by atoms with van der Waals surface area (Å²) in [6.45, 7) is 6.30. The summed E-state index contributed by atoms with van der Waals surface area (Å²) in [5.74, 6) is -0.0159. The molecule has 0 fully saturated rings. The number of hydrogen-bond acceptors (Lipinski definition) is 3. The molecule has 0 bridgehead atoms. The number of carbonyl (C=O) groups is 1. The number of quaternary nitrogens is 1. The Morgan fingerprint density at radius 2 is 1.96 bits per heavy atom. The summed E-state index contributed by atoms with van der Waals surface area (Å²) in [5, 5.41) is 11.5. The van der Waals surface area contributed by atoms with Crippen molar-refractivity contribution in [3.05, 3.63) is 69.2 Å². The van der Waals surface area contributed by atoms with Gasteiger partial charge in [0.1, 0.15) is 6.04 Å². The lowest BCUT2D eigenvalue weighted by molar-refractivity contribution is -0.675. The number of rotatable bonds is 6. The van der Waals surface area contributed by atoms with Crippen LogP contribution in [0.2, 0.25) is 0 Å². The molecule has 2 heterocycles. The van der Waals surface area contributed by atoms with E-state index < -0.39 is 0 Å². The topological polar surface area (TPSA) is 63.5 Å². The molecule has 0 saturated carbocycles. The van der Waals surface area contributed by atoms with Gasteiger partial charge < -0.3 is 10.6 Å².